The number of rotatable bonds is 13. The average molecular weight is 424 g/mol. The molecule has 0 saturated heterocycles. The minimum Gasteiger partial charge on any atom is -0.303 e. The van der Waals surface area contributed by atoms with Gasteiger partial charge in [-0.25, -0.2) is 0 Å². The Bertz CT molecular complexity index is 728. The van der Waals surface area contributed by atoms with Gasteiger partial charge in [0, 0.05) is 11.8 Å². The highest BCUT2D eigenvalue weighted by Gasteiger charge is 2.40. The number of hydrogen-bond donors (Lipinski definition) is 3. The lowest BCUT2D eigenvalue weighted by molar-refractivity contribution is -0.121. The topological polar surface area (TPSA) is 197 Å². The average Bonchev–Trinajstić information content (AvgIpc) is 2.42. The van der Waals surface area contributed by atoms with Gasteiger partial charge in [-0.3, -0.25) is 13.7 Å². The van der Waals surface area contributed by atoms with Crippen molar-refractivity contribution in [1.29, 1.82) is 0 Å². The molecule has 0 bridgehead atoms. The minimum absolute atomic E-state index is 0.182. The van der Waals surface area contributed by atoms with Crippen LogP contribution in [-0.4, -0.2) is 68.7 Å². The van der Waals surface area contributed by atoms with Crippen LogP contribution in [0.2, 0.25) is 0 Å². The van der Waals surface area contributed by atoms with Crippen molar-refractivity contribution in [3.63, 3.8) is 0 Å². The van der Waals surface area contributed by atoms with Gasteiger partial charge in [-0.1, -0.05) is 0 Å². The molecule has 3 N–H and O–H groups in total. The highest BCUT2D eigenvalue weighted by molar-refractivity contribution is 7.86. The summed E-state index contributed by atoms with van der Waals surface area (Å²) >= 11 is 0. The van der Waals surface area contributed by atoms with Crippen molar-refractivity contribution in [2.45, 2.75) is 25.7 Å². The normalized spacial score (nSPS) is 14.8. The molecule has 148 valence electrons. The van der Waals surface area contributed by atoms with Gasteiger partial charge in [0.2, 0.25) is 0 Å². The van der Waals surface area contributed by atoms with Gasteiger partial charge in [-0.05, 0) is 25.2 Å². The third-order valence-electron chi connectivity index (χ3n) is 3.80. The standard InChI is InChI=1S/C11H20O11S3/c12-5-1-10(2-6-23(14,15)16)11(9-13,3-7-24(17,18)19)4-8-25(20,21)22/h5,9-10H,1-4,6-8H2,(H,14,15,16)(H,17,18,19)(H,20,21,22). The monoisotopic (exact) mass is 424 g/mol. The maximum atomic E-state index is 11.6. The first-order chi connectivity index (χ1) is 11.1. The molecule has 0 aromatic carbocycles. The SMILES string of the molecule is O=CCC(CCS(=O)(=O)O)C(C=O)(CCS(=O)(=O)O)CCS(=O)(=O)O. The molecular formula is C11H20O11S3. The van der Waals surface area contributed by atoms with Crippen LogP contribution in [0.1, 0.15) is 25.7 Å². The summed E-state index contributed by atoms with van der Waals surface area (Å²) < 4.78 is 92.2. The molecule has 1 unspecified atom stereocenters. The van der Waals surface area contributed by atoms with Crippen molar-refractivity contribution in [3.8, 4) is 0 Å². The van der Waals surface area contributed by atoms with E-state index in [9.17, 15) is 34.8 Å². The van der Waals surface area contributed by atoms with E-state index >= 15 is 0 Å². The van der Waals surface area contributed by atoms with Crippen molar-refractivity contribution < 1.29 is 48.5 Å². The van der Waals surface area contributed by atoms with Gasteiger partial charge in [0.25, 0.3) is 30.4 Å². The first kappa shape index (κ1) is 24.1. The molecule has 0 aromatic heterocycles. The number of carbonyl (C=O) groups is 2. The zero-order chi connectivity index (χ0) is 19.9. The first-order valence-electron chi connectivity index (χ1n) is 6.89. The van der Waals surface area contributed by atoms with Crippen molar-refractivity contribution in [2.24, 2.45) is 11.3 Å². The molecule has 1 atom stereocenters. The highest BCUT2D eigenvalue weighted by atomic mass is 32.2. The molecule has 0 aliphatic rings. The van der Waals surface area contributed by atoms with E-state index in [0.717, 1.165) is 0 Å². The summed E-state index contributed by atoms with van der Waals surface area (Å²) in [6.45, 7) is 0. The maximum absolute atomic E-state index is 11.6. The molecule has 0 aromatic rings. The Morgan fingerprint density at radius 3 is 1.44 bits per heavy atom. The van der Waals surface area contributed by atoms with Gasteiger partial charge >= 0.3 is 0 Å². The molecule has 0 radical (unpaired) electrons. The van der Waals surface area contributed by atoms with Gasteiger partial charge in [-0.2, -0.15) is 25.3 Å². The van der Waals surface area contributed by atoms with E-state index in [1.54, 1.807) is 0 Å². The maximum Gasteiger partial charge on any atom is 0.264 e. The fourth-order valence-electron chi connectivity index (χ4n) is 2.43. The molecule has 0 rings (SSSR count). The van der Waals surface area contributed by atoms with Crippen LogP contribution in [-0.2, 0) is 39.9 Å². The van der Waals surface area contributed by atoms with Crippen LogP contribution in [0.3, 0.4) is 0 Å². The predicted molar refractivity (Wildman–Crippen MR) is 85.8 cm³/mol. The van der Waals surface area contributed by atoms with E-state index in [2.05, 4.69) is 0 Å². The van der Waals surface area contributed by atoms with Crippen LogP contribution in [0, 0.1) is 11.3 Å². The highest BCUT2D eigenvalue weighted by Crippen LogP contribution is 2.38. The summed E-state index contributed by atoms with van der Waals surface area (Å²) in [7, 11) is -13.5. The summed E-state index contributed by atoms with van der Waals surface area (Å²) in [4.78, 5) is 22.5. The Kier molecular flexibility index (Phi) is 8.80. The molecule has 0 spiro atoms. The third-order valence-corrected chi connectivity index (χ3v) is 6.00. The lowest BCUT2D eigenvalue weighted by atomic mass is 9.70. The van der Waals surface area contributed by atoms with E-state index in [1.807, 2.05) is 0 Å². The molecule has 0 amide bonds. The van der Waals surface area contributed by atoms with Crippen LogP contribution in [0.5, 0.6) is 0 Å². The molecular weight excluding hydrogens is 404 g/mol. The van der Waals surface area contributed by atoms with Crippen LogP contribution < -0.4 is 0 Å². The van der Waals surface area contributed by atoms with Crippen LogP contribution >= 0.6 is 0 Å². The van der Waals surface area contributed by atoms with Crippen molar-refractivity contribution in [1.82, 2.24) is 0 Å². The molecule has 0 aliphatic carbocycles. The van der Waals surface area contributed by atoms with Crippen molar-refractivity contribution in [2.75, 3.05) is 17.3 Å². The zero-order valence-corrected chi connectivity index (χ0v) is 15.5. The molecule has 0 aliphatic heterocycles. The summed E-state index contributed by atoms with van der Waals surface area (Å²) in [5.74, 6) is -3.87. The first-order valence-corrected chi connectivity index (χ1v) is 11.7. The van der Waals surface area contributed by atoms with E-state index in [-0.39, 0.29) is 6.29 Å². The fraction of sp³-hybridized carbons (Fsp3) is 0.818. The van der Waals surface area contributed by atoms with Crippen molar-refractivity contribution in [3.05, 3.63) is 0 Å². The summed E-state index contributed by atoms with van der Waals surface area (Å²) in [6, 6.07) is 0. The van der Waals surface area contributed by atoms with Gasteiger partial charge in [0.1, 0.15) is 12.6 Å². The lowest BCUT2D eigenvalue weighted by Gasteiger charge is -2.35. The molecule has 25 heavy (non-hydrogen) atoms. The predicted octanol–water partition coefficient (Wildman–Crippen LogP) is -0.789. The molecule has 0 heterocycles. The Hall–Kier alpha value is -0.930. The minimum atomic E-state index is -4.54. The Balaban J connectivity index is 5.78. The second-order valence-electron chi connectivity index (χ2n) is 5.60. The Morgan fingerprint density at radius 2 is 1.16 bits per heavy atom. The fourth-order valence-corrected chi connectivity index (χ4v) is 4.29. The van der Waals surface area contributed by atoms with E-state index < -0.39 is 84.6 Å². The lowest BCUT2D eigenvalue weighted by Crippen LogP contribution is -2.37. The number of hydrogen-bond acceptors (Lipinski definition) is 8. The number of aldehydes is 2. The second-order valence-corrected chi connectivity index (χ2v) is 10.3. The van der Waals surface area contributed by atoms with Gasteiger partial charge in [0.15, 0.2) is 0 Å². The van der Waals surface area contributed by atoms with Gasteiger partial charge in [-0.15, -0.1) is 0 Å². The smallest absolute Gasteiger partial charge is 0.264 e. The molecule has 0 fully saturated rings. The van der Waals surface area contributed by atoms with E-state index in [1.165, 1.54) is 0 Å². The third kappa shape index (κ3) is 10.6. The van der Waals surface area contributed by atoms with Crippen LogP contribution in [0.25, 0.3) is 0 Å². The summed E-state index contributed by atoms with van der Waals surface area (Å²) in [6.07, 6.45) is -1.56. The summed E-state index contributed by atoms with van der Waals surface area (Å²) in [5, 5.41) is 0. The van der Waals surface area contributed by atoms with E-state index in [0.29, 0.717) is 6.29 Å². The zero-order valence-electron chi connectivity index (χ0n) is 13.0. The quantitative estimate of drug-likeness (QED) is 0.247. The molecule has 11 nitrogen and oxygen atoms in total. The van der Waals surface area contributed by atoms with Crippen LogP contribution in [0.15, 0.2) is 0 Å². The molecule has 0 saturated carbocycles. The second kappa shape index (κ2) is 9.14. The van der Waals surface area contributed by atoms with Gasteiger partial charge in [0.05, 0.1) is 17.3 Å². The largest absolute Gasteiger partial charge is 0.303 e. The number of carbonyl (C=O) groups excluding carboxylic acids is 2. The van der Waals surface area contributed by atoms with E-state index in [4.69, 9.17) is 13.7 Å². The van der Waals surface area contributed by atoms with Gasteiger partial charge < -0.3 is 9.59 Å². The Labute approximate surface area is 146 Å². The Morgan fingerprint density at radius 1 is 0.760 bits per heavy atom. The van der Waals surface area contributed by atoms with Crippen molar-refractivity contribution >= 4 is 42.9 Å². The molecule has 14 heteroatoms. The summed E-state index contributed by atoms with van der Waals surface area (Å²) in [5.41, 5.74) is -1.82. The van der Waals surface area contributed by atoms with Crippen LogP contribution in [0.4, 0.5) is 0 Å².